The average Bonchev–Trinajstić information content (AvgIpc) is 3.46. The number of hydrogen-bond acceptors (Lipinski definition) is 1. The zero-order chi connectivity index (χ0) is 30.4. The summed E-state index contributed by atoms with van der Waals surface area (Å²) in [7, 11) is 0. The minimum absolute atomic E-state index is 0.0460. The van der Waals surface area contributed by atoms with Gasteiger partial charge in [-0.25, -0.2) is 0 Å². The van der Waals surface area contributed by atoms with Crippen molar-refractivity contribution in [2.75, 3.05) is 0 Å². The lowest BCUT2D eigenvalue weighted by atomic mass is 9.84. The maximum absolute atomic E-state index is 8.63. The van der Waals surface area contributed by atoms with Gasteiger partial charge >= 0.3 is 0 Å². The summed E-state index contributed by atoms with van der Waals surface area (Å²) < 4.78 is 40.0. The molecule has 9 aromatic rings. The van der Waals surface area contributed by atoms with Crippen LogP contribution < -0.4 is 0 Å². The lowest BCUT2D eigenvalue weighted by Crippen LogP contribution is -1.91. The van der Waals surface area contributed by atoms with Crippen molar-refractivity contribution in [1.82, 2.24) is 0 Å². The Labute approximate surface area is 242 Å². The van der Waals surface area contributed by atoms with E-state index in [2.05, 4.69) is 97.1 Å². The third kappa shape index (κ3) is 3.30. The Kier molecular flexibility index (Phi) is 3.92. The van der Waals surface area contributed by atoms with Crippen LogP contribution >= 0.6 is 0 Å². The standard InChI is InChI=1S/C40H24O/c1-2-11-26-22-29(21-20-25(26)10-1)38-30-14-5-7-16-32(30)39(33-17-8-6-15-31(33)38)34-18-9-19-36-40(34)35-23-27-12-3-4-13-28(27)24-37(35)41-36/h1-24H/i3D,4D,12D,13D. The van der Waals surface area contributed by atoms with Crippen LogP contribution in [0.25, 0.3) is 87.3 Å². The molecular formula is C40H24O. The van der Waals surface area contributed by atoms with E-state index in [0.29, 0.717) is 21.9 Å². The number of furan rings is 1. The molecule has 0 atom stereocenters. The molecule has 0 saturated carbocycles. The van der Waals surface area contributed by atoms with Gasteiger partial charge in [-0.15, -0.1) is 0 Å². The van der Waals surface area contributed by atoms with Crippen molar-refractivity contribution in [3.05, 3.63) is 145 Å². The topological polar surface area (TPSA) is 13.1 Å². The van der Waals surface area contributed by atoms with Gasteiger partial charge in [-0.2, -0.15) is 0 Å². The molecule has 0 saturated heterocycles. The van der Waals surface area contributed by atoms with Crippen LogP contribution in [-0.4, -0.2) is 0 Å². The molecule has 0 amide bonds. The number of benzene rings is 8. The van der Waals surface area contributed by atoms with Crippen LogP contribution in [0.4, 0.5) is 0 Å². The zero-order valence-electron chi connectivity index (χ0n) is 26.0. The number of fused-ring (bicyclic) bond motifs is 7. The predicted octanol–water partition coefficient (Wildman–Crippen LogP) is 11.5. The first kappa shape index (κ1) is 18.8. The first-order valence-electron chi connectivity index (χ1n) is 15.8. The highest BCUT2D eigenvalue weighted by molar-refractivity contribution is 6.26. The Morgan fingerprint density at radius 2 is 1.07 bits per heavy atom. The highest BCUT2D eigenvalue weighted by Crippen LogP contribution is 2.47. The van der Waals surface area contributed by atoms with E-state index in [4.69, 9.17) is 9.90 Å². The average molecular weight is 525 g/mol. The molecule has 0 aliphatic carbocycles. The maximum Gasteiger partial charge on any atom is 0.136 e. The number of rotatable bonds is 2. The molecule has 0 spiro atoms. The second kappa shape index (κ2) is 8.55. The summed E-state index contributed by atoms with van der Waals surface area (Å²) in [6.07, 6.45) is 0. The van der Waals surface area contributed by atoms with Crippen molar-refractivity contribution in [1.29, 1.82) is 0 Å². The monoisotopic (exact) mass is 524 g/mol. The van der Waals surface area contributed by atoms with Crippen LogP contribution in [0.5, 0.6) is 0 Å². The molecule has 0 fully saturated rings. The van der Waals surface area contributed by atoms with Crippen molar-refractivity contribution in [3.8, 4) is 22.3 Å². The van der Waals surface area contributed by atoms with E-state index in [9.17, 15) is 0 Å². The minimum atomic E-state index is -0.243. The number of hydrogen-bond donors (Lipinski definition) is 0. The van der Waals surface area contributed by atoms with Crippen molar-refractivity contribution < 1.29 is 9.90 Å². The third-order valence-electron chi connectivity index (χ3n) is 8.33. The summed E-state index contributed by atoms with van der Waals surface area (Å²) in [5.74, 6) is 0. The molecule has 1 aromatic heterocycles. The molecule has 1 nitrogen and oxygen atoms in total. The van der Waals surface area contributed by atoms with Gasteiger partial charge in [0.2, 0.25) is 0 Å². The SMILES string of the molecule is [2H]c1c([2H])c([2H])c2cc3c(cc2c1[2H])oc1cccc(-c2c4ccccc4c(-c4ccc5ccccc5c4)c4ccccc24)c13. The first-order valence-corrected chi connectivity index (χ1v) is 13.8. The molecule has 0 radical (unpaired) electrons. The molecule has 0 aliphatic rings. The lowest BCUT2D eigenvalue weighted by Gasteiger charge is -2.18. The third-order valence-corrected chi connectivity index (χ3v) is 8.33. The Morgan fingerprint density at radius 3 is 1.80 bits per heavy atom. The molecule has 190 valence electrons. The van der Waals surface area contributed by atoms with Crippen LogP contribution in [0.2, 0.25) is 0 Å². The van der Waals surface area contributed by atoms with Gasteiger partial charge in [0.1, 0.15) is 11.2 Å². The van der Waals surface area contributed by atoms with Gasteiger partial charge in [0, 0.05) is 10.8 Å². The van der Waals surface area contributed by atoms with Crippen molar-refractivity contribution in [2.45, 2.75) is 0 Å². The zero-order valence-corrected chi connectivity index (χ0v) is 22.0. The normalized spacial score (nSPS) is 13.3. The van der Waals surface area contributed by atoms with Gasteiger partial charge in [-0.3, -0.25) is 0 Å². The molecule has 1 heteroatoms. The van der Waals surface area contributed by atoms with Gasteiger partial charge < -0.3 is 4.42 Å². The largest absolute Gasteiger partial charge is 0.456 e. The van der Waals surface area contributed by atoms with Gasteiger partial charge in [0.05, 0.1) is 5.48 Å². The second-order valence-corrected chi connectivity index (χ2v) is 10.6. The highest BCUT2D eigenvalue weighted by atomic mass is 16.3. The Bertz CT molecular complexity index is 2650. The predicted molar refractivity (Wildman–Crippen MR) is 175 cm³/mol. The van der Waals surface area contributed by atoms with Crippen LogP contribution in [0, 0.1) is 0 Å². The molecule has 0 unspecified atom stereocenters. The summed E-state index contributed by atoms with van der Waals surface area (Å²) in [5, 5.41) is 9.66. The fourth-order valence-corrected chi connectivity index (χ4v) is 6.56. The van der Waals surface area contributed by atoms with Crippen LogP contribution in [0.15, 0.2) is 150 Å². The molecule has 1 heterocycles. The van der Waals surface area contributed by atoms with Crippen LogP contribution in [-0.2, 0) is 0 Å². The van der Waals surface area contributed by atoms with Crippen molar-refractivity contribution >= 4 is 65.0 Å². The minimum Gasteiger partial charge on any atom is -0.456 e. The summed E-state index contributed by atoms with van der Waals surface area (Å²) >= 11 is 0. The smallest absolute Gasteiger partial charge is 0.136 e. The Morgan fingerprint density at radius 1 is 0.439 bits per heavy atom. The van der Waals surface area contributed by atoms with E-state index in [-0.39, 0.29) is 24.2 Å². The Hall–Kier alpha value is -5.40. The molecule has 0 bridgehead atoms. The van der Waals surface area contributed by atoms with E-state index in [0.717, 1.165) is 43.4 Å². The molecular weight excluding hydrogens is 496 g/mol. The van der Waals surface area contributed by atoms with E-state index >= 15 is 0 Å². The molecule has 0 aliphatic heterocycles. The molecule has 0 N–H and O–H groups in total. The van der Waals surface area contributed by atoms with Crippen LogP contribution in [0.3, 0.4) is 0 Å². The quantitative estimate of drug-likeness (QED) is 0.205. The van der Waals surface area contributed by atoms with E-state index < -0.39 is 0 Å². The van der Waals surface area contributed by atoms with E-state index in [1.54, 1.807) is 6.07 Å². The second-order valence-electron chi connectivity index (χ2n) is 10.6. The fraction of sp³-hybridized carbons (Fsp3) is 0. The summed E-state index contributed by atoms with van der Waals surface area (Å²) in [6.45, 7) is 0. The summed E-state index contributed by atoms with van der Waals surface area (Å²) in [6, 6.07) is 41.4. The fourth-order valence-electron chi connectivity index (χ4n) is 6.56. The maximum atomic E-state index is 8.63. The van der Waals surface area contributed by atoms with E-state index in [1.165, 1.54) is 21.9 Å². The van der Waals surface area contributed by atoms with Gasteiger partial charge in [0.25, 0.3) is 0 Å². The summed E-state index contributed by atoms with van der Waals surface area (Å²) in [4.78, 5) is 0. The van der Waals surface area contributed by atoms with Gasteiger partial charge in [0.15, 0.2) is 0 Å². The van der Waals surface area contributed by atoms with Gasteiger partial charge in [-0.05, 0) is 89.6 Å². The lowest BCUT2D eigenvalue weighted by molar-refractivity contribution is 0.669. The molecule has 41 heavy (non-hydrogen) atoms. The summed E-state index contributed by atoms with van der Waals surface area (Å²) in [5.41, 5.74) is 5.79. The van der Waals surface area contributed by atoms with E-state index in [1.807, 2.05) is 18.2 Å². The highest BCUT2D eigenvalue weighted by Gasteiger charge is 2.20. The first-order chi connectivity index (χ1) is 22.0. The van der Waals surface area contributed by atoms with Gasteiger partial charge in [-0.1, -0.05) is 121 Å². The van der Waals surface area contributed by atoms with Crippen LogP contribution in [0.1, 0.15) is 5.48 Å². The van der Waals surface area contributed by atoms with Crippen molar-refractivity contribution in [2.24, 2.45) is 0 Å². The van der Waals surface area contributed by atoms with Crippen molar-refractivity contribution in [3.63, 3.8) is 0 Å². The molecule has 9 rings (SSSR count). The molecule has 8 aromatic carbocycles. The Balaban J connectivity index is 1.42.